The summed E-state index contributed by atoms with van der Waals surface area (Å²) >= 11 is 4.65. The standard InChI is InChI=1S/C7H8BrN3OS/c8-5-2-1-3-10-7(5)13-4-6(12)11-9/h1-3H,4,9H2,(H,11,12). The molecule has 6 heteroatoms. The lowest BCUT2D eigenvalue weighted by Gasteiger charge is -2.01. The second-order valence-electron chi connectivity index (χ2n) is 2.15. The Labute approximate surface area is 88.4 Å². The first-order chi connectivity index (χ1) is 6.24. The first-order valence-corrected chi connectivity index (χ1v) is 5.24. The van der Waals surface area contributed by atoms with E-state index < -0.39 is 0 Å². The lowest BCUT2D eigenvalue weighted by atomic mass is 10.5. The van der Waals surface area contributed by atoms with Gasteiger partial charge in [-0.3, -0.25) is 10.2 Å². The summed E-state index contributed by atoms with van der Waals surface area (Å²) in [5, 5.41) is 0.783. The molecule has 0 radical (unpaired) electrons. The van der Waals surface area contributed by atoms with Crippen LogP contribution in [0.1, 0.15) is 0 Å². The molecule has 0 aliphatic carbocycles. The van der Waals surface area contributed by atoms with E-state index in [2.05, 4.69) is 26.3 Å². The molecule has 0 aliphatic rings. The Morgan fingerprint density at radius 2 is 2.54 bits per heavy atom. The number of thioether (sulfide) groups is 1. The highest BCUT2D eigenvalue weighted by Crippen LogP contribution is 2.23. The smallest absolute Gasteiger partial charge is 0.244 e. The van der Waals surface area contributed by atoms with Gasteiger partial charge in [0.1, 0.15) is 5.03 Å². The summed E-state index contributed by atoms with van der Waals surface area (Å²) in [4.78, 5) is 14.9. The maximum atomic E-state index is 10.8. The number of hydrazine groups is 1. The fraction of sp³-hybridized carbons (Fsp3) is 0.143. The van der Waals surface area contributed by atoms with Crippen LogP contribution in [-0.2, 0) is 4.79 Å². The summed E-state index contributed by atoms with van der Waals surface area (Å²) in [5.74, 6) is 4.98. The van der Waals surface area contributed by atoms with Crippen molar-refractivity contribution in [3.05, 3.63) is 22.8 Å². The molecule has 1 rings (SSSR count). The van der Waals surface area contributed by atoms with Crippen molar-refractivity contribution in [1.29, 1.82) is 0 Å². The number of carbonyl (C=O) groups excluding carboxylic acids is 1. The van der Waals surface area contributed by atoms with Gasteiger partial charge in [0.2, 0.25) is 5.91 Å². The molecule has 1 amide bonds. The van der Waals surface area contributed by atoms with Crippen molar-refractivity contribution in [3.8, 4) is 0 Å². The number of hydrogen-bond acceptors (Lipinski definition) is 4. The quantitative estimate of drug-likeness (QED) is 0.368. The van der Waals surface area contributed by atoms with E-state index in [4.69, 9.17) is 5.84 Å². The van der Waals surface area contributed by atoms with Gasteiger partial charge in [-0.2, -0.15) is 0 Å². The van der Waals surface area contributed by atoms with Gasteiger partial charge in [-0.25, -0.2) is 10.8 Å². The second-order valence-corrected chi connectivity index (χ2v) is 3.96. The summed E-state index contributed by atoms with van der Waals surface area (Å²) in [7, 11) is 0. The highest BCUT2D eigenvalue weighted by molar-refractivity contribution is 9.10. The largest absolute Gasteiger partial charge is 0.294 e. The van der Waals surface area contributed by atoms with Gasteiger partial charge in [-0.1, -0.05) is 11.8 Å². The number of aromatic nitrogens is 1. The summed E-state index contributed by atoms with van der Waals surface area (Å²) in [6.45, 7) is 0. The average Bonchev–Trinajstić information content (AvgIpc) is 2.16. The van der Waals surface area contributed by atoms with Crippen LogP contribution in [0, 0.1) is 0 Å². The van der Waals surface area contributed by atoms with Gasteiger partial charge in [-0.05, 0) is 28.1 Å². The van der Waals surface area contributed by atoms with Crippen LogP contribution >= 0.6 is 27.7 Å². The van der Waals surface area contributed by atoms with Crippen LogP contribution in [0.4, 0.5) is 0 Å². The summed E-state index contributed by atoms with van der Waals surface area (Å²) < 4.78 is 0.879. The van der Waals surface area contributed by atoms with E-state index >= 15 is 0 Å². The molecule has 4 nitrogen and oxygen atoms in total. The predicted molar refractivity (Wildman–Crippen MR) is 55.0 cm³/mol. The van der Waals surface area contributed by atoms with E-state index in [-0.39, 0.29) is 11.7 Å². The Hall–Kier alpha value is -0.590. The number of carbonyl (C=O) groups is 1. The van der Waals surface area contributed by atoms with E-state index in [1.807, 2.05) is 12.1 Å². The van der Waals surface area contributed by atoms with Crippen LogP contribution in [0.15, 0.2) is 27.8 Å². The molecule has 70 valence electrons. The summed E-state index contributed by atoms with van der Waals surface area (Å²) in [6.07, 6.45) is 1.67. The molecule has 1 aromatic rings. The third kappa shape index (κ3) is 3.33. The van der Waals surface area contributed by atoms with Crippen LogP contribution < -0.4 is 11.3 Å². The molecule has 0 aromatic carbocycles. The highest BCUT2D eigenvalue weighted by atomic mass is 79.9. The van der Waals surface area contributed by atoms with Gasteiger partial charge in [0.15, 0.2) is 0 Å². The zero-order valence-electron chi connectivity index (χ0n) is 6.66. The molecule has 0 bridgehead atoms. The zero-order chi connectivity index (χ0) is 9.68. The van der Waals surface area contributed by atoms with Gasteiger partial charge < -0.3 is 0 Å². The van der Waals surface area contributed by atoms with E-state index in [9.17, 15) is 4.79 Å². The number of rotatable bonds is 3. The molecule has 13 heavy (non-hydrogen) atoms. The van der Waals surface area contributed by atoms with Crippen LogP contribution in [0.5, 0.6) is 0 Å². The number of pyridine rings is 1. The van der Waals surface area contributed by atoms with E-state index in [1.165, 1.54) is 11.8 Å². The number of hydrogen-bond donors (Lipinski definition) is 2. The van der Waals surface area contributed by atoms with Crippen molar-refractivity contribution in [2.45, 2.75) is 5.03 Å². The van der Waals surface area contributed by atoms with Crippen molar-refractivity contribution in [2.24, 2.45) is 5.84 Å². The van der Waals surface area contributed by atoms with Crippen LogP contribution in [0.2, 0.25) is 0 Å². The van der Waals surface area contributed by atoms with Crippen molar-refractivity contribution < 1.29 is 4.79 Å². The molecule has 0 atom stereocenters. The van der Waals surface area contributed by atoms with Gasteiger partial charge in [0.25, 0.3) is 0 Å². The predicted octanol–water partition coefficient (Wildman–Crippen LogP) is 0.926. The minimum absolute atomic E-state index is 0.220. The van der Waals surface area contributed by atoms with Crippen molar-refractivity contribution in [2.75, 3.05) is 5.75 Å². The number of amides is 1. The first kappa shape index (κ1) is 10.5. The molecule has 0 aliphatic heterocycles. The summed E-state index contributed by atoms with van der Waals surface area (Å²) in [5.41, 5.74) is 2.05. The first-order valence-electron chi connectivity index (χ1n) is 3.47. The number of nitrogens with two attached hydrogens (primary N) is 1. The Kier molecular flexibility index (Phi) is 4.20. The van der Waals surface area contributed by atoms with Gasteiger partial charge in [0.05, 0.1) is 5.75 Å². The minimum atomic E-state index is -0.220. The Bertz CT molecular complexity index is 308. The molecule has 1 heterocycles. The number of halogens is 1. The normalized spacial score (nSPS) is 9.69. The molecule has 0 saturated carbocycles. The average molecular weight is 262 g/mol. The van der Waals surface area contributed by atoms with Gasteiger partial charge in [0, 0.05) is 10.7 Å². The molecular formula is C7H8BrN3OS. The maximum Gasteiger partial charge on any atom is 0.244 e. The monoisotopic (exact) mass is 261 g/mol. The highest BCUT2D eigenvalue weighted by Gasteiger charge is 2.04. The number of nitrogens with one attached hydrogen (secondary N) is 1. The lowest BCUT2D eigenvalue weighted by Crippen LogP contribution is -2.31. The molecule has 1 aromatic heterocycles. The Balaban J connectivity index is 2.54. The molecule has 0 unspecified atom stereocenters. The third-order valence-corrected chi connectivity index (χ3v) is 3.13. The molecule has 0 fully saturated rings. The molecule has 0 saturated heterocycles. The third-order valence-electron chi connectivity index (χ3n) is 1.23. The lowest BCUT2D eigenvalue weighted by molar-refractivity contribution is -0.118. The molecule has 3 N–H and O–H groups in total. The number of nitrogens with zero attached hydrogens (tertiary/aromatic N) is 1. The van der Waals surface area contributed by atoms with Crippen LogP contribution in [0.25, 0.3) is 0 Å². The maximum absolute atomic E-state index is 10.8. The SMILES string of the molecule is NNC(=O)CSc1ncccc1Br. The molecule has 0 spiro atoms. The fourth-order valence-corrected chi connectivity index (χ4v) is 1.94. The van der Waals surface area contributed by atoms with E-state index in [0.717, 1.165) is 9.50 Å². The van der Waals surface area contributed by atoms with E-state index in [1.54, 1.807) is 6.20 Å². The topological polar surface area (TPSA) is 68.0 Å². The van der Waals surface area contributed by atoms with Gasteiger partial charge in [-0.15, -0.1) is 0 Å². The Morgan fingerprint density at radius 3 is 3.15 bits per heavy atom. The fourth-order valence-electron chi connectivity index (χ4n) is 0.653. The van der Waals surface area contributed by atoms with Crippen molar-refractivity contribution >= 4 is 33.6 Å². The van der Waals surface area contributed by atoms with E-state index in [0.29, 0.717) is 0 Å². The molecular weight excluding hydrogens is 254 g/mol. The van der Waals surface area contributed by atoms with Crippen molar-refractivity contribution in [1.82, 2.24) is 10.4 Å². The Morgan fingerprint density at radius 1 is 1.77 bits per heavy atom. The van der Waals surface area contributed by atoms with Crippen molar-refractivity contribution in [3.63, 3.8) is 0 Å². The van der Waals surface area contributed by atoms with Crippen LogP contribution in [0.3, 0.4) is 0 Å². The van der Waals surface area contributed by atoms with Gasteiger partial charge >= 0.3 is 0 Å². The second kappa shape index (κ2) is 5.21. The minimum Gasteiger partial charge on any atom is -0.294 e. The summed E-state index contributed by atoms with van der Waals surface area (Å²) in [6, 6.07) is 3.69. The zero-order valence-corrected chi connectivity index (χ0v) is 9.06. The van der Waals surface area contributed by atoms with Crippen LogP contribution in [-0.4, -0.2) is 16.6 Å².